The fourth-order valence-electron chi connectivity index (χ4n) is 0.892. The van der Waals surface area contributed by atoms with Crippen molar-refractivity contribution < 1.29 is 0 Å². The predicted molar refractivity (Wildman–Crippen MR) is 41.2 cm³/mol. The minimum absolute atomic E-state index is 0.880. The molecule has 0 spiro atoms. The molecule has 0 radical (unpaired) electrons. The summed E-state index contributed by atoms with van der Waals surface area (Å²) in [4.78, 5) is 0. The second-order valence-corrected chi connectivity index (χ2v) is 4.26. The van der Waals surface area contributed by atoms with Gasteiger partial charge in [-0.3, -0.25) is 0 Å². The Bertz CT molecular complexity index is 131. The molecule has 0 amide bonds. The normalized spacial score (nSPS) is 21.4. The molecule has 1 heteroatoms. The van der Waals surface area contributed by atoms with E-state index in [2.05, 4.69) is 25.2 Å². The molecule has 0 aliphatic heterocycles. The van der Waals surface area contributed by atoms with Gasteiger partial charge in [0.25, 0.3) is 0 Å². The van der Waals surface area contributed by atoms with Gasteiger partial charge in [0.05, 0.1) is 0 Å². The summed E-state index contributed by atoms with van der Waals surface area (Å²) in [5, 5.41) is 0. The summed E-state index contributed by atoms with van der Waals surface area (Å²) in [6.07, 6.45) is 7.84. The van der Waals surface area contributed by atoms with Crippen LogP contribution in [0.4, 0.5) is 0 Å². The van der Waals surface area contributed by atoms with Crippen LogP contribution >= 0.6 is 0 Å². The molecule has 0 nitrogen and oxygen atoms in total. The zero-order valence-electron chi connectivity index (χ0n) is 5.52. The van der Waals surface area contributed by atoms with Crippen LogP contribution in [0.3, 0.4) is 0 Å². The maximum absolute atomic E-state index is 2.30. The van der Waals surface area contributed by atoms with E-state index < -0.39 is 0 Å². The molecule has 1 atom stereocenters. The molecule has 0 aromatic heterocycles. The standard InChI is InChI=1S/C7H12Si/c1-6(8)7-4-2-3-5-7/h2-4,6H,5H2,1,8H3. The Balaban J connectivity index is 2.51. The van der Waals surface area contributed by atoms with Gasteiger partial charge in [-0.1, -0.05) is 30.7 Å². The van der Waals surface area contributed by atoms with E-state index in [1.54, 1.807) is 5.57 Å². The molecule has 0 heterocycles. The van der Waals surface area contributed by atoms with Crippen LogP contribution in [0.2, 0.25) is 5.54 Å². The van der Waals surface area contributed by atoms with Crippen LogP contribution in [0.15, 0.2) is 23.8 Å². The van der Waals surface area contributed by atoms with Gasteiger partial charge in [0.15, 0.2) is 0 Å². The largest absolute Gasteiger partial charge is 0.0805 e. The Morgan fingerprint density at radius 2 is 2.50 bits per heavy atom. The van der Waals surface area contributed by atoms with Crippen molar-refractivity contribution in [1.29, 1.82) is 0 Å². The summed E-state index contributed by atoms with van der Waals surface area (Å²) in [6.45, 7) is 2.30. The van der Waals surface area contributed by atoms with Crippen LogP contribution in [0.5, 0.6) is 0 Å². The van der Waals surface area contributed by atoms with E-state index in [0.717, 1.165) is 5.54 Å². The van der Waals surface area contributed by atoms with Crippen LogP contribution in [0, 0.1) is 0 Å². The lowest BCUT2D eigenvalue weighted by Crippen LogP contribution is -1.86. The third-order valence-corrected chi connectivity index (χ3v) is 2.28. The maximum atomic E-state index is 2.30. The van der Waals surface area contributed by atoms with E-state index in [0.29, 0.717) is 0 Å². The smallest absolute Gasteiger partial charge is 0.0115 e. The van der Waals surface area contributed by atoms with E-state index in [4.69, 9.17) is 0 Å². The molecule has 0 saturated carbocycles. The van der Waals surface area contributed by atoms with Crippen LogP contribution in [-0.2, 0) is 0 Å². The first kappa shape index (κ1) is 5.83. The van der Waals surface area contributed by atoms with Crippen molar-refractivity contribution in [3.05, 3.63) is 23.8 Å². The third kappa shape index (κ3) is 1.10. The first-order chi connectivity index (χ1) is 3.80. The number of allylic oxidation sites excluding steroid dienone is 4. The van der Waals surface area contributed by atoms with Crippen molar-refractivity contribution in [1.82, 2.24) is 0 Å². The summed E-state index contributed by atoms with van der Waals surface area (Å²) in [5.74, 6) is 0. The molecule has 1 unspecified atom stereocenters. The average Bonchev–Trinajstić information content (AvgIpc) is 2.12. The van der Waals surface area contributed by atoms with Gasteiger partial charge in [-0.15, -0.1) is 0 Å². The molecular weight excluding hydrogens is 112 g/mol. The minimum atomic E-state index is 0.880. The van der Waals surface area contributed by atoms with Crippen molar-refractivity contribution in [3.63, 3.8) is 0 Å². The number of hydrogen-bond acceptors (Lipinski definition) is 0. The molecule has 1 aliphatic carbocycles. The van der Waals surface area contributed by atoms with E-state index in [-0.39, 0.29) is 0 Å². The topological polar surface area (TPSA) is 0 Å². The molecule has 0 N–H and O–H groups in total. The Labute approximate surface area is 53.7 Å². The fraction of sp³-hybridized carbons (Fsp3) is 0.429. The fourth-order valence-corrected chi connectivity index (χ4v) is 1.32. The summed E-state index contributed by atoms with van der Waals surface area (Å²) in [7, 11) is 1.30. The maximum Gasteiger partial charge on any atom is 0.0115 e. The van der Waals surface area contributed by atoms with Gasteiger partial charge < -0.3 is 0 Å². The molecule has 0 saturated heterocycles. The van der Waals surface area contributed by atoms with E-state index in [1.165, 1.54) is 16.7 Å². The Kier molecular flexibility index (Phi) is 1.68. The van der Waals surface area contributed by atoms with Gasteiger partial charge in [-0.05, 0) is 12.0 Å². The van der Waals surface area contributed by atoms with E-state index in [1.807, 2.05) is 0 Å². The lowest BCUT2D eigenvalue weighted by Gasteiger charge is -2.02. The number of rotatable bonds is 1. The van der Waals surface area contributed by atoms with Crippen LogP contribution in [0.1, 0.15) is 13.3 Å². The summed E-state index contributed by atoms with van der Waals surface area (Å²) < 4.78 is 0. The number of hydrogen-bond donors (Lipinski definition) is 0. The summed E-state index contributed by atoms with van der Waals surface area (Å²) in [6, 6.07) is 0. The van der Waals surface area contributed by atoms with Crippen LogP contribution in [-0.4, -0.2) is 10.2 Å². The molecule has 0 bridgehead atoms. The second kappa shape index (κ2) is 2.31. The monoisotopic (exact) mass is 124 g/mol. The van der Waals surface area contributed by atoms with Gasteiger partial charge in [0, 0.05) is 10.2 Å². The molecule has 1 rings (SSSR count). The summed E-state index contributed by atoms with van der Waals surface area (Å²) >= 11 is 0. The molecule has 44 valence electrons. The molecular formula is C7H12Si. The average molecular weight is 124 g/mol. The van der Waals surface area contributed by atoms with Crippen molar-refractivity contribution in [2.75, 3.05) is 0 Å². The quantitative estimate of drug-likeness (QED) is 0.458. The lowest BCUT2D eigenvalue weighted by molar-refractivity contribution is 1.04. The Morgan fingerprint density at radius 1 is 1.75 bits per heavy atom. The van der Waals surface area contributed by atoms with Crippen LogP contribution < -0.4 is 0 Å². The molecule has 0 aromatic carbocycles. The van der Waals surface area contributed by atoms with E-state index >= 15 is 0 Å². The van der Waals surface area contributed by atoms with Gasteiger partial charge in [-0.2, -0.15) is 0 Å². The first-order valence-electron chi connectivity index (χ1n) is 3.16. The predicted octanol–water partition coefficient (Wildman–Crippen LogP) is 1.05. The molecule has 0 fully saturated rings. The summed E-state index contributed by atoms with van der Waals surface area (Å²) in [5.41, 5.74) is 2.50. The highest BCUT2D eigenvalue weighted by molar-refractivity contribution is 6.13. The van der Waals surface area contributed by atoms with E-state index in [9.17, 15) is 0 Å². The lowest BCUT2D eigenvalue weighted by atomic mass is 10.2. The Morgan fingerprint density at radius 3 is 2.75 bits per heavy atom. The third-order valence-electron chi connectivity index (χ3n) is 1.54. The van der Waals surface area contributed by atoms with Crippen molar-refractivity contribution in [3.8, 4) is 0 Å². The van der Waals surface area contributed by atoms with Gasteiger partial charge in [0.1, 0.15) is 0 Å². The zero-order valence-corrected chi connectivity index (χ0v) is 7.52. The van der Waals surface area contributed by atoms with Gasteiger partial charge >= 0.3 is 0 Å². The molecule has 0 aromatic rings. The highest BCUT2D eigenvalue weighted by atomic mass is 28.1. The molecule has 8 heavy (non-hydrogen) atoms. The Hall–Kier alpha value is -0.303. The van der Waals surface area contributed by atoms with Gasteiger partial charge in [0.2, 0.25) is 0 Å². The highest BCUT2D eigenvalue weighted by Crippen LogP contribution is 2.20. The second-order valence-electron chi connectivity index (χ2n) is 2.53. The highest BCUT2D eigenvalue weighted by Gasteiger charge is 2.01. The van der Waals surface area contributed by atoms with Crippen molar-refractivity contribution in [2.24, 2.45) is 0 Å². The van der Waals surface area contributed by atoms with Crippen molar-refractivity contribution in [2.45, 2.75) is 18.9 Å². The van der Waals surface area contributed by atoms with Crippen LogP contribution in [0.25, 0.3) is 0 Å². The van der Waals surface area contributed by atoms with Crippen molar-refractivity contribution >= 4 is 10.2 Å². The first-order valence-corrected chi connectivity index (χ1v) is 4.32. The van der Waals surface area contributed by atoms with Gasteiger partial charge in [-0.25, -0.2) is 0 Å². The molecule has 1 aliphatic rings. The SMILES string of the molecule is CC([SiH3])C1=CC=CC1. The minimum Gasteiger partial charge on any atom is -0.0805 e. The zero-order chi connectivity index (χ0) is 5.98.